The summed E-state index contributed by atoms with van der Waals surface area (Å²) >= 11 is 1.60. The van der Waals surface area contributed by atoms with E-state index in [1.165, 1.54) is 11.1 Å². The number of hydrogen-bond acceptors (Lipinski definition) is 3. The number of rotatable bonds is 5. The molecule has 1 aromatic heterocycles. The summed E-state index contributed by atoms with van der Waals surface area (Å²) in [7, 11) is 0. The Hall–Kier alpha value is -1.75. The van der Waals surface area contributed by atoms with Crippen LogP contribution < -0.4 is 5.32 Å². The number of hydrogen-bond donors (Lipinski definition) is 2. The van der Waals surface area contributed by atoms with Crippen LogP contribution in [0.3, 0.4) is 0 Å². The number of nitrogens with zero attached hydrogens (tertiary/aromatic N) is 1. The maximum Gasteiger partial charge on any atom is 0.234 e. The molecule has 2 aromatic rings. The van der Waals surface area contributed by atoms with Crippen LogP contribution in [-0.2, 0) is 10.5 Å². The molecule has 2 N–H and O–H groups in total. The van der Waals surface area contributed by atoms with E-state index in [4.69, 9.17) is 0 Å². The number of anilines is 1. The van der Waals surface area contributed by atoms with Crippen molar-refractivity contribution in [1.29, 1.82) is 0 Å². The molecule has 0 fully saturated rings. The first kappa shape index (κ1) is 12.7. The fourth-order valence-corrected chi connectivity index (χ4v) is 2.25. The summed E-state index contributed by atoms with van der Waals surface area (Å²) in [6.45, 7) is 2.06. The topological polar surface area (TPSA) is 57.8 Å². The molecule has 2 rings (SSSR count). The molecule has 0 radical (unpaired) electrons. The molecule has 1 amide bonds. The molecule has 0 saturated heterocycles. The first-order valence-corrected chi connectivity index (χ1v) is 6.81. The third-order valence-corrected chi connectivity index (χ3v) is 3.41. The lowest BCUT2D eigenvalue weighted by Crippen LogP contribution is -2.13. The van der Waals surface area contributed by atoms with Crippen LogP contribution in [0.2, 0.25) is 0 Å². The highest BCUT2D eigenvalue weighted by Gasteiger charge is 2.03. The zero-order chi connectivity index (χ0) is 12.8. The number of benzene rings is 1. The minimum Gasteiger partial charge on any atom is -0.323 e. The molecule has 0 aliphatic carbocycles. The molecule has 5 heteroatoms. The molecule has 94 valence electrons. The van der Waals surface area contributed by atoms with E-state index in [0.717, 1.165) is 5.75 Å². The number of aromatic nitrogens is 2. The third-order valence-electron chi connectivity index (χ3n) is 2.40. The molecule has 0 saturated carbocycles. The monoisotopic (exact) mass is 261 g/mol. The Labute approximate surface area is 110 Å². The smallest absolute Gasteiger partial charge is 0.234 e. The van der Waals surface area contributed by atoms with E-state index < -0.39 is 0 Å². The zero-order valence-corrected chi connectivity index (χ0v) is 11.0. The summed E-state index contributed by atoms with van der Waals surface area (Å²) < 4.78 is 0. The standard InChI is InChI=1S/C13H15N3OS/c1-10-2-4-11(5-3-10)8-18-9-13(17)16-12-6-14-15-7-12/h2-7H,8-9H2,1H3,(H,14,15)(H,16,17). The van der Waals surface area contributed by atoms with Crippen LogP contribution in [0.5, 0.6) is 0 Å². The van der Waals surface area contributed by atoms with E-state index in [2.05, 4.69) is 46.7 Å². The van der Waals surface area contributed by atoms with E-state index in [-0.39, 0.29) is 5.91 Å². The Morgan fingerprint density at radius 3 is 2.83 bits per heavy atom. The number of amides is 1. The van der Waals surface area contributed by atoms with Crippen LogP contribution in [0.25, 0.3) is 0 Å². The molecular weight excluding hydrogens is 246 g/mol. The van der Waals surface area contributed by atoms with Crippen molar-refractivity contribution in [1.82, 2.24) is 10.2 Å². The summed E-state index contributed by atoms with van der Waals surface area (Å²) in [6, 6.07) is 8.36. The molecule has 18 heavy (non-hydrogen) atoms. The van der Waals surface area contributed by atoms with Gasteiger partial charge >= 0.3 is 0 Å². The lowest BCUT2D eigenvalue weighted by Gasteiger charge is -2.03. The van der Waals surface area contributed by atoms with Gasteiger partial charge in [-0.25, -0.2) is 0 Å². The quantitative estimate of drug-likeness (QED) is 0.869. The van der Waals surface area contributed by atoms with Crippen LogP contribution >= 0.6 is 11.8 Å². The second kappa shape index (κ2) is 6.26. The second-order valence-corrected chi connectivity index (χ2v) is 5.00. The van der Waals surface area contributed by atoms with Gasteiger partial charge in [-0.15, -0.1) is 11.8 Å². The molecular formula is C13H15N3OS. The van der Waals surface area contributed by atoms with Crippen molar-refractivity contribution in [2.75, 3.05) is 11.1 Å². The van der Waals surface area contributed by atoms with Crippen molar-refractivity contribution in [2.24, 2.45) is 0 Å². The largest absolute Gasteiger partial charge is 0.323 e. The molecule has 1 aromatic carbocycles. The van der Waals surface area contributed by atoms with Gasteiger partial charge in [0.25, 0.3) is 0 Å². The maximum atomic E-state index is 11.6. The van der Waals surface area contributed by atoms with Crippen molar-refractivity contribution >= 4 is 23.4 Å². The van der Waals surface area contributed by atoms with E-state index in [0.29, 0.717) is 11.4 Å². The molecule has 0 unspecified atom stereocenters. The Morgan fingerprint density at radius 1 is 1.39 bits per heavy atom. The van der Waals surface area contributed by atoms with Gasteiger partial charge in [0, 0.05) is 11.9 Å². The minimum atomic E-state index is -0.00601. The summed E-state index contributed by atoms with van der Waals surface area (Å²) in [5, 5.41) is 9.18. The zero-order valence-electron chi connectivity index (χ0n) is 10.1. The van der Waals surface area contributed by atoms with E-state index in [1.807, 2.05) is 0 Å². The van der Waals surface area contributed by atoms with Gasteiger partial charge in [0.2, 0.25) is 5.91 Å². The van der Waals surface area contributed by atoms with Crippen LogP contribution in [0.15, 0.2) is 36.7 Å². The lowest BCUT2D eigenvalue weighted by molar-refractivity contribution is -0.113. The molecule has 0 aliphatic rings. The van der Waals surface area contributed by atoms with Gasteiger partial charge in [0.05, 0.1) is 17.6 Å². The van der Waals surface area contributed by atoms with Crippen LogP contribution in [0.4, 0.5) is 5.69 Å². The molecule has 0 aliphatic heterocycles. The fourth-order valence-electron chi connectivity index (χ4n) is 1.46. The normalized spacial score (nSPS) is 10.3. The first-order valence-electron chi connectivity index (χ1n) is 5.66. The number of carbonyl (C=O) groups is 1. The minimum absolute atomic E-state index is 0.00601. The Bertz CT molecular complexity index is 493. The van der Waals surface area contributed by atoms with Crippen molar-refractivity contribution in [3.05, 3.63) is 47.8 Å². The predicted molar refractivity (Wildman–Crippen MR) is 74.6 cm³/mol. The number of aromatic amines is 1. The van der Waals surface area contributed by atoms with Crippen LogP contribution in [-0.4, -0.2) is 21.9 Å². The Kier molecular flexibility index (Phi) is 4.41. The predicted octanol–water partition coefficient (Wildman–Crippen LogP) is 2.59. The first-order chi connectivity index (χ1) is 8.74. The summed E-state index contributed by atoms with van der Waals surface area (Å²) in [6.07, 6.45) is 3.24. The van der Waals surface area contributed by atoms with Gasteiger partial charge < -0.3 is 5.32 Å². The average Bonchev–Trinajstić information content (AvgIpc) is 2.84. The third kappa shape index (κ3) is 3.92. The number of H-pyrrole nitrogens is 1. The summed E-state index contributed by atoms with van der Waals surface area (Å²) in [4.78, 5) is 11.6. The van der Waals surface area contributed by atoms with Crippen molar-refractivity contribution in [3.63, 3.8) is 0 Å². The number of carbonyl (C=O) groups excluding carboxylic acids is 1. The van der Waals surface area contributed by atoms with E-state index in [1.54, 1.807) is 24.2 Å². The highest BCUT2D eigenvalue weighted by Crippen LogP contribution is 2.13. The summed E-state index contributed by atoms with van der Waals surface area (Å²) in [5.41, 5.74) is 3.19. The Balaban J connectivity index is 1.72. The number of thioether (sulfide) groups is 1. The highest BCUT2D eigenvalue weighted by molar-refractivity contribution is 7.99. The molecule has 0 spiro atoms. The number of aryl methyl sites for hydroxylation is 1. The van der Waals surface area contributed by atoms with Gasteiger partial charge in [-0.1, -0.05) is 29.8 Å². The SMILES string of the molecule is Cc1ccc(CSCC(=O)Nc2cn[nH]c2)cc1. The van der Waals surface area contributed by atoms with E-state index >= 15 is 0 Å². The van der Waals surface area contributed by atoms with Gasteiger partial charge in [0.15, 0.2) is 0 Å². The maximum absolute atomic E-state index is 11.6. The fraction of sp³-hybridized carbons (Fsp3) is 0.231. The summed E-state index contributed by atoms with van der Waals surface area (Å²) in [5.74, 6) is 1.28. The van der Waals surface area contributed by atoms with Crippen molar-refractivity contribution < 1.29 is 4.79 Å². The van der Waals surface area contributed by atoms with Crippen LogP contribution in [0, 0.1) is 6.92 Å². The molecule has 0 bridgehead atoms. The average molecular weight is 261 g/mol. The molecule has 0 atom stereocenters. The second-order valence-electron chi connectivity index (χ2n) is 4.01. The highest BCUT2D eigenvalue weighted by atomic mass is 32.2. The molecule has 1 heterocycles. The molecule has 4 nitrogen and oxygen atoms in total. The van der Waals surface area contributed by atoms with Crippen molar-refractivity contribution in [3.8, 4) is 0 Å². The van der Waals surface area contributed by atoms with E-state index in [9.17, 15) is 4.79 Å². The van der Waals surface area contributed by atoms with Gasteiger partial charge in [0.1, 0.15) is 0 Å². The van der Waals surface area contributed by atoms with Gasteiger partial charge in [-0.3, -0.25) is 9.89 Å². The number of nitrogens with one attached hydrogen (secondary N) is 2. The Morgan fingerprint density at radius 2 is 2.17 bits per heavy atom. The lowest BCUT2D eigenvalue weighted by atomic mass is 10.2. The van der Waals surface area contributed by atoms with Crippen LogP contribution in [0.1, 0.15) is 11.1 Å². The van der Waals surface area contributed by atoms with Gasteiger partial charge in [-0.05, 0) is 12.5 Å². The van der Waals surface area contributed by atoms with Gasteiger partial charge in [-0.2, -0.15) is 5.10 Å². The van der Waals surface area contributed by atoms with Crippen molar-refractivity contribution in [2.45, 2.75) is 12.7 Å².